The lowest BCUT2D eigenvalue weighted by atomic mass is 9.83. The van der Waals surface area contributed by atoms with Crippen molar-refractivity contribution in [1.82, 2.24) is 5.06 Å². The normalized spacial score (nSPS) is 16.5. The number of hydrogen-bond acceptors (Lipinski definition) is 12. The van der Waals surface area contributed by atoms with Crippen LogP contribution < -0.4 is 0 Å². The van der Waals surface area contributed by atoms with Crippen molar-refractivity contribution in [2.24, 2.45) is 10.8 Å². The molecule has 42 heavy (non-hydrogen) atoms. The summed E-state index contributed by atoms with van der Waals surface area (Å²) in [4.78, 5) is 77.8. The van der Waals surface area contributed by atoms with Crippen molar-refractivity contribution in [1.29, 1.82) is 0 Å². The molecule has 11 nitrogen and oxygen atoms in total. The van der Waals surface area contributed by atoms with Crippen LogP contribution in [-0.2, 0) is 47.8 Å². The number of carbonyl (C=O) groups excluding carboxylic acids is 6. The first kappa shape index (κ1) is 38.7. The highest BCUT2D eigenvalue weighted by Crippen LogP contribution is 2.36. The number of hydrogen-bond donors (Lipinski definition) is 0. The molecule has 0 aromatic heterocycles. The van der Waals surface area contributed by atoms with Crippen molar-refractivity contribution >= 4 is 89.1 Å². The van der Waals surface area contributed by atoms with Crippen molar-refractivity contribution in [3.05, 3.63) is 0 Å². The molecule has 0 aromatic rings. The fraction of sp³-hybridized carbons (Fsp3) is 0.778. The Morgan fingerprint density at radius 2 is 1.26 bits per heavy atom. The van der Waals surface area contributed by atoms with E-state index in [1.807, 2.05) is 0 Å². The SMILES string of the molecule is CC(C)(C)OC(=O)C(Br)CC(C)(C)C(=O)OCCSSCCOC(=O)C(C)(C)CC(C)(Br)C(=O)ON1C(=O)CCC1=O. The summed E-state index contributed by atoms with van der Waals surface area (Å²) in [6, 6.07) is 0. The van der Waals surface area contributed by atoms with Crippen LogP contribution in [0.25, 0.3) is 0 Å². The Morgan fingerprint density at radius 3 is 1.71 bits per heavy atom. The van der Waals surface area contributed by atoms with Gasteiger partial charge in [0.1, 0.15) is 28.0 Å². The van der Waals surface area contributed by atoms with Gasteiger partial charge in [0.05, 0.1) is 10.8 Å². The van der Waals surface area contributed by atoms with E-state index in [9.17, 15) is 28.8 Å². The van der Waals surface area contributed by atoms with Crippen molar-refractivity contribution < 1.29 is 47.8 Å². The summed E-state index contributed by atoms with van der Waals surface area (Å²) in [5.74, 6) is -2.41. The van der Waals surface area contributed by atoms with E-state index in [4.69, 9.17) is 19.0 Å². The number of esters is 3. The van der Waals surface area contributed by atoms with Crippen LogP contribution in [0.1, 0.15) is 81.1 Å². The average molecular weight is 764 g/mol. The highest BCUT2D eigenvalue weighted by molar-refractivity contribution is 9.10. The second kappa shape index (κ2) is 16.1. The van der Waals surface area contributed by atoms with E-state index in [0.29, 0.717) is 16.6 Å². The topological polar surface area (TPSA) is 143 Å². The molecule has 240 valence electrons. The van der Waals surface area contributed by atoms with E-state index in [1.54, 1.807) is 48.5 Å². The van der Waals surface area contributed by atoms with Crippen LogP contribution in [0, 0.1) is 10.8 Å². The summed E-state index contributed by atoms with van der Waals surface area (Å²) >= 11 is 6.58. The van der Waals surface area contributed by atoms with E-state index in [2.05, 4.69) is 31.9 Å². The van der Waals surface area contributed by atoms with Crippen LogP contribution in [0.4, 0.5) is 0 Å². The lowest BCUT2D eigenvalue weighted by Gasteiger charge is -2.30. The third-order valence-electron chi connectivity index (χ3n) is 5.72. The number of imide groups is 1. The zero-order chi connectivity index (χ0) is 32.5. The molecule has 0 bridgehead atoms. The second-order valence-electron chi connectivity index (χ2n) is 12.2. The average Bonchev–Trinajstić information content (AvgIpc) is 3.15. The van der Waals surface area contributed by atoms with Crippen molar-refractivity contribution in [2.45, 2.75) is 95.8 Å². The van der Waals surface area contributed by atoms with Crippen LogP contribution in [0.2, 0.25) is 0 Å². The van der Waals surface area contributed by atoms with Crippen molar-refractivity contribution in [3.8, 4) is 0 Å². The quantitative estimate of drug-likeness (QED) is 0.0513. The first-order valence-electron chi connectivity index (χ1n) is 13.3. The van der Waals surface area contributed by atoms with Gasteiger partial charge in [0.2, 0.25) is 0 Å². The number of halogens is 2. The Kier molecular flexibility index (Phi) is 14.9. The highest BCUT2D eigenvalue weighted by Gasteiger charge is 2.45. The largest absolute Gasteiger partial charge is 0.464 e. The van der Waals surface area contributed by atoms with Gasteiger partial charge in [-0.1, -0.05) is 53.4 Å². The molecule has 1 heterocycles. The van der Waals surface area contributed by atoms with Crippen molar-refractivity contribution in [2.75, 3.05) is 24.7 Å². The standard InChI is InChI=1S/C27H41Br2NO10S2/c1-24(2,3)39-20(33)17(28)15-25(4,5)21(34)37-11-13-41-42-14-12-38-22(35)26(6,7)16-27(8,29)23(36)40-30-18(31)9-10-19(30)32/h17H,9-16H2,1-8H3. The summed E-state index contributed by atoms with van der Waals surface area (Å²) in [5.41, 5.74) is -2.59. The van der Waals surface area contributed by atoms with E-state index >= 15 is 0 Å². The summed E-state index contributed by atoms with van der Waals surface area (Å²) in [6.45, 7) is 13.8. The first-order valence-corrected chi connectivity index (χ1v) is 17.5. The van der Waals surface area contributed by atoms with E-state index in [-0.39, 0.29) is 38.9 Å². The smallest absolute Gasteiger partial charge is 0.349 e. The number of nitrogens with zero attached hydrogens (tertiary/aromatic N) is 1. The molecule has 0 aromatic carbocycles. The third kappa shape index (κ3) is 13.1. The summed E-state index contributed by atoms with van der Waals surface area (Å²) in [6.07, 6.45) is 0.179. The molecule has 0 saturated carbocycles. The van der Waals surface area contributed by atoms with Crippen LogP contribution in [-0.4, -0.2) is 80.2 Å². The Balaban J connectivity index is 2.34. The molecule has 0 radical (unpaired) electrons. The zero-order valence-electron chi connectivity index (χ0n) is 25.3. The van der Waals surface area contributed by atoms with Gasteiger partial charge in [-0.15, -0.1) is 5.06 Å². The van der Waals surface area contributed by atoms with Gasteiger partial charge in [-0.25, -0.2) is 4.79 Å². The lowest BCUT2D eigenvalue weighted by Crippen LogP contribution is -2.43. The minimum Gasteiger partial charge on any atom is -0.464 e. The summed E-state index contributed by atoms with van der Waals surface area (Å²) in [7, 11) is 2.90. The van der Waals surface area contributed by atoms with Gasteiger partial charge in [0.25, 0.3) is 11.8 Å². The second-order valence-corrected chi connectivity index (χ2v) is 17.8. The number of rotatable bonds is 16. The van der Waals surface area contributed by atoms with Gasteiger partial charge in [-0.05, 0) is 68.2 Å². The lowest BCUT2D eigenvalue weighted by molar-refractivity contribution is -0.199. The highest BCUT2D eigenvalue weighted by atomic mass is 79.9. The van der Waals surface area contributed by atoms with Gasteiger partial charge in [0.15, 0.2) is 0 Å². The van der Waals surface area contributed by atoms with Gasteiger partial charge < -0.3 is 19.0 Å². The molecule has 15 heteroatoms. The van der Waals surface area contributed by atoms with E-state index < -0.39 is 61.3 Å². The molecule has 2 amide bonds. The molecule has 1 fully saturated rings. The number of carbonyl (C=O) groups is 6. The minimum atomic E-state index is -1.35. The van der Waals surface area contributed by atoms with Crippen LogP contribution in [0.3, 0.4) is 0 Å². The fourth-order valence-corrected chi connectivity index (χ4v) is 6.97. The van der Waals surface area contributed by atoms with Crippen molar-refractivity contribution in [3.63, 3.8) is 0 Å². The molecule has 2 atom stereocenters. The molecule has 0 aliphatic carbocycles. The number of hydroxylamine groups is 2. The minimum absolute atomic E-state index is 0.00883. The number of alkyl halides is 2. The molecule has 1 saturated heterocycles. The molecule has 1 rings (SSSR count). The zero-order valence-corrected chi connectivity index (χ0v) is 30.1. The van der Waals surface area contributed by atoms with Gasteiger partial charge in [0, 0.05) is 24.3 Å². The molecular formula is C27H41Br2NO10S2. The van der Waals surface area contributed by atoms with Crippen LogP contribution >= 0.6 is 53.4 Å². The Morgan fingerprint density at radius 1 is 0.810 bits per heavy atom. The van der Waals surface area contributed by atoms with Gasteiger partial charge in [-0.3, -0.25) is 24.0 Å². The molecule has 1 aliphatic heterocycles. The van der Waals surface area contributed by atoms with Gasteiger partial charge in [-0.2, -0.15) is 0 Å². The van der Waals surface area contributed by atoms with E-state index in [0.717, 1.165) is 0 Å². The molecule has 1 aliphatic rings. The Bertz CT molecular complexity index is 1010. The maximum absolute atomic E-state index is 12.7. The van der Waals surface area contributed by atoms with Gasteiger partial charge >= 0.3 is 23.9 Å². The van der Waals surface area contributed by atoms with E-state index in [1.165, 1.54) is 28.5 Å². The Hall–Kier alpha value is -1.32. The molecule has 2 unspecified atom stereocenters. The number of amides is 2. The maximum Gasteiger partial charge on any atom is 0.349 e. The summed E-state index contributed by atoms with van der Waals surface area (Å²) in [5, 5.41) is 0.467. The third-order valence-corrected chi connectivity index (χ3v) is 9.35. The molecular weight excluding hydrogens is 722 g/mol. The fourth-order valence-electron chi connectivity index (χ4n) is 3.64. The van der Waals surface area contributed by atoms with Crippen LogP contribution in [0.15, 0.2) is 0 Å². The first-order chi connectivity index (χ1) is 19.1. The molecule has 0 N–H and O–H groups in total. The predicted molar refractivity (Wildman–Crippen MR) is 167 cm³/mol. The number of ether oxygens (including phenoxy) is 3. The summed E-state index contributed by atoms with van der Waals surface area (Å²) < 4.78 is 14.8. The maximum atomic E-state index is 12.7. The van der Waals surface area contributed by atoms with Crippen LogP contribution in [0.5, 0.6) is 0 Å². The Labute approximate surface area is 272 Å². The molecule has 0 spiro atoms. The predicted octanol–water partition coefficient (Wildman–Crippen LogP) is 5.15. The monoisotopic (exact) mass is 761 g/mol.